The van der Waals surface area contributed by atoms with Crippen molar-refractivity contribution in [2.45, 2.75) is 19.4 Å². The fraction of sp³-hybridized carbons (Fsp3) is 0.545. The van der Waals surface area contributed by atoms with Crippen LogP contribution in [0.15, 0.2) is 18.3 Å². The van der Waals surface area contributed by atoms with E-state index in [-0.39, 0.29) is 5.69 Å². The zero-order valence-electron chi connectivity index (χ0n) is 9.70. The molecule has 1 fully saturated rings. The zero-order valence-corrected chi connectivity index (χ0v) is 9.70. The molecular weight excluding hydrogens is 222 g/mol. The highest BCUT2D eigenvalue weighted by Crippen LogP contribution is 2.21. The number of aromatic nitrogens is 1. The summed E-state index contributed by atoms with van der Waals surface area (Å²) >= 11 is 0. The van der Waals surface area contributed by atoms with Crippen LogP contribution in [-0.4, -0.2) is 35.7 Å². The van der Waals surface area contributed by atoms with E-state index in [1.165, 1.54) is 12.3 Å². The third kappa shape index (κ3) is 2.52. The van der Waals surface area contributed by atoms with Crippen LogP contribution in [0.5, 0.6) is 0 Å². The van der Waals surface area contributed by atoms with Gasteiger partial charge in [0.25, 0.3) is 5.69 Å². The Labute approximate surface area is 99.4 Å². The standard InChI is InChI=1S/C11H15N3O3/c1-2-9-8-17-6-5-13(9)11-4-3-10(7-12-11)14(15)16/h3-4,7,9H,2,5-6,8H2,1H3. The Kier molecular flexibility index (Phi) is 3.53. The summed E-state index contributed by atoms with van der Waals surface area (Å²) < 4.78 is 5.41. The molecule has 0 radical (unpaired) electrons. The van der Waals surface area contributed by atoms with Crippen molar-refractivity contribution in [2.24, 2.45) is 0 Å². The molecule has 6 nitrogen and oxygen atoms in total. The largest absolute Gasteiger partial charge is 0.377 e. The van der Waals surface area contributed by atoms with Crippen LogP contribution >= 0.6 is 0 Å². The van der Waals surface area contributed by atoms with Gasteiger partial charge in [0, 0.05) is 12.6 Å². The maximum atomic E-state index is 10.5. The van der Waals surface area contributed by atoms with Gasteiger partial charge in [-0.25, -0.2) is 4.98 Å². The first-order valence-electron chi connectivity index (χ1n) is 5.67. The minimum Gasteiger partial charge on any atom is -0.377 e. The monoisotopic (exact) mass is 237 g/mol. The first kappa shape index (κ1) is 11.8. The smallest absolute Gasteiger partial charge is 0.287 e. The third-order valence-electron chi connectivity index (χ3n) is 2.94. The molecule has 17 heavy (non-hydrogen) atoms. The molecule has 0 spiro atoms. The predicted molar refractivity (Wildman–Crippen MR) is 63.1 cm³/mol. The van der Waals surface area contributed by atoms with Crippen LogP contribution in [-0.2, 0) is 4.74 Å². The maximum Gasteiger partial charge on any atom is 0.287 e. The molecule has 1 aromatic heterocycles. The minimum atomic E-state index is -0.437. The van der Waals surface area contributed by atoms with Crippen molar-refractivity contribution in [3.8, 4) is 0 Å². The molecule has 2 rings (SSSR count). The number of nitro groups is 1. The number of hydrogen-bond donors (Lipinski definition) is 0. The number of rotatable bonds is 3. The van der Waals surface area contributed by atoms with Crippen LogP contribution in [0.2, 0.25) is 0 Å². The average Bonchev–Trinajstić information content (AvgIpc) is 2.39. The van der Waals surface area contributed by atoms with Gasteiger partial charge >= 0.3 is 0 Å². The lowest BCUT2D eigenvalue weighted by atomic mass is 10.2. The van der Waals surface area contributed by atoms with Crippen LogP contribution in [0, 0.1) is 10.1 Å². The van der Waals surface area contributed by atoms with E-state index >= 15 is 0 Å². The van der Waals surface area contributed by atoms with E-state index in [1.807, 2.05) is 0 Å². The number of pyridine rings is 1. The summed E-state index contributed by atoms with van der Waals surface area (Å²) in [4.78, 5) is 16.4. The molecular formula is C11H15N3O3. The number of nitrogens with zero attached hydrogens (tertiary/aromatic N) is 3. The normalized spacial score (nSPS) is 20.3. The van der Waals surface area contributed by atoms with Crippen LogP contribution in [0.25, 0.3) is 0 Å². The van der Waals surface area contributed by atoms with E-state index < -0.39 is 4.92 Å². The Bertz CT molecular complexity index is 393. The van der Waals surface area contributed by atoms with Gasteiger partial charge in [-0.05, 0) is 12.5 Å². The average molecular weight is 237 g/mol. The van der Waals surface area contributed by atoms with Crippen molar-refractivity contribution in [2.75, 3.05) is 24.7 Å². The van der Waals surface area contributed by atoms with Crippen molar-refractivity contribution in [1.82, 2.24) is 4.98 Å². The minimum absolute atomic E-state index is 0.0232. The first-order chi connectivity index (χ1) is 8.22. The summed E-state index contributed by atoms with van der Waals surface area (Å²) in [6.45, 7) is 4.24. The second-order valence-corrected chi connectivity index (χ2v) is 3.96. The molecule has 92 valence electrons. The Morgan fingerprint density at radius 1 is 1.65 bits per heavy atom. The predicted octanol–water partition coefficient (Wildman–Crippen LogP) is 1.60. The SMILES string of the molecule is CCC1COCCN1c1ccc([N+](=O)[O-])cn1. The highest BCUT2D eigenvalue weighted by molar-refractivity contribution is 5.44. The Morgan fingerprint density at radius 2 is 2.47 bits per heavy atom. The summed E-state index contributed by atoms with van der Waals surface area (Å²) in [5.74, 6) is 0.783. The van der Waals surface area contributed by atoms with E-state index in [2.05, 4.69) is 16.8 Å². The zero-order chi connectivity index (χ0) is 12.3. The molecule has 1 aromatic rings. The molecule has 0 bridgehead atoms. The second kappa shape index (κ2) is 5.09. The van der Waals surface area contributed by atoms with Crippen molar-refractivity contribution in [3.63, 3.8) is 0 Å². The van der Waals surface area contributed by atoms with Gasteiger partial charge < -0.3 is 9.64 Å². The van der Waals surface area contributed by atoms with Crippen molar-refractivity contribution < 1.29 is 9.66 Å². The summed E-state index contributed by atoms with van der Waals surface area (Å²) in [6.07, 6.45) is 2.27. The van der Waals surface area contributed by atoms with Crippen LogP contribution in [0.1, 0.15) is 13.3 Å². The molecule has 0 aliphatic carbocycles. The lowest BCUT2D eigenvalue weighted by Gasteiger charge is -2.35. The van der Waals surface area contributed by atoms with Gasteiger partial charge in [-0.2, -0.15) is 0 Å². The lowest BCUT2D eigenvalue weighted by molar-refractivity contribution is -0.385. The fourth-order valence-corrected chi connectivity index (χ4v) is 1.95. The topological polar surface area (TPSA) is 68.5 Å². The number of anilines is 1. The molecule has 0 saturated carbocycles. The molecule has 0 N–H and O–H groups in total. The fourth-order valence-electron chi connectivity index (χ4n) is 1.95. The van der Waals surface area contributed by atoms with Gasteiger partial charge in [0.2, 0.25) is 0 Å². The Hall–Kier alpha value is -1.69. The van der Waals surface area contributed by atoms with E-state index in [4.69, 9.17) is 4.74 Å². The number of morpholine rings is 1. The van der Waals surface area contributed by atoms with E-state index in [9.17, 15) is 10.1 Å². The third-order valence-corrected chi connectivity index (χ3v) is 2.94. The van der Waals surface area contributed by atoms with Crippen LogP contribution in [0.4, 0.5) is 11.5 Å². The molecule has 1 aliphatic heterocycles. The van der Waals surface area contributed by atoms with Crippen molar-refractivity contribution in [1.29, 1.82) is 0 Å². The number of ether oxygens (including phenoxy) is 1. The Morgan fingerprint density at radius 3 is 3.06 bits per heavy atom. The van der Waals surface area contributed by atoms with Crippen molar-refractivity contribution >= 4 is 11.5 Å². The highest BCUT2D eigenvalue weighted by atomic mass is 16.6. The van der Waals surface area contributed by atoms with Gasteiger partial charge in [-0.3, -0.25) is 10.1 Å². The molecule has 1 saturated heterocycles. The highest BCUT2D eigenvalue weighted by Gasteiger charge is 2.22. The van der Waals surface area contributed by atoms with Gasteiger partial charge in [-0.1, -0.05) is 6.92 Å². The molecule has 1 unspecified atom stereocenters. The van der Waals surface area contributed by atoms with E-state index in [0.29, 0.717) is 19.3 Å². The van der Waals surface area contributed by atoms with Gasteiger partial charge in [0.05, 0.1) is 24.2 Å². The molecule has 2 heterocycles. The van der Waals surface area contributed by atoms with E-state index in [0.717, 1.165) is 18.8 Å². The first-order valence-corrected chi connectivity index (χ1v) is 5.67. The van der Waals surface area contributed by atoms with Gasteiger partial charge in [-0.15, -0.1) is 0 Å². The van der Waals surface area contributed by atoms with Crippen LogP contribution < -0.4 is 4.90 Å². The molecule has 0 amide bonds. The summed E-state index contributed by atoms with van der Waals surface area (Å²) in [7, 11) is 0. The van der Waals surface area contributed by atoms with Gasteiger partial charge in [0.15, 0.2) is 0 Å². The lowest BCUT2D eigenvalue weighted by Crippen LogP contribution is -2.45. The Balaban J connectivity index is 2.17. The molecule has 6 heteroatoms. The summed E-state index contributed by atoms with van der Waals surface area (Å²) in [5, 5.41) is 10.5. The molecule has 1 aliphatic rings. The summed E-state index contributed by atoms with van der Waals surface area (Å²) in [6, 6.07) is 3.49. The van der Waals surface area contributed by atoms with Crippen LogP contribution in [0.3, 0.4) is 0 Å². The molecule has 1 atom stereocenters. The van der Waals surface area contributed by atoms with Crippen molar-refractivity contribution in [3.05, 3.63) is 28.4 Å². The maximum absolute atomic E-state index is 10.5. The summed E-state index contributed by atoms with van der Waals surface area (Å²) in [5.41, 5.74) is 0.0232. The number of hydrogen-bond acceptors (Lipinski definition) is 5. The van der Waals surface area contributed by atoms with Gasteiger partial charge in [0.1, 0.15) is 12.0 Å². The van der Waals surface area contributed by atoms with E-state index in [1.54, 1.807) is 6.07 Å². The second-order valence-electron chi connectivity index (χ2n) is 3.96. The quantitative estimate of drug-likeness (QED) is 0.590. The molecule has 0 aromatic carbocycles.